The molecule has 104 valence electrons. The zero-order valence-corrected chi connectivity index (χ0v) is 11.7. The van der Waals surface area contributed by atoms with Crippen LogP contribution in [0.1, 0.15) is 47.0 Å². The zero-order valence-electron chi connectivity index (χ0n) is 11.7. The van der Waals surface area contributed by atoms with E-state index in [0.717, 1.165) is 25.8 Å². The van der Waals surface area contributed by atoms with Crippen molar-refractivity contribution in [2.24, 2.45) is 5.41 Å². The van der Waals surface area contributed by atoms with Crippen LogP contribution in [0.5, 0.6) is 0 Å². The Kier molecular flexibility index (Phi) is 4.37. The van der Waals surface area contributed by atoms with E-state index in [1.807, 2.05) is 27.7 Å². The van der Waals surface area contributed by atoms with Crippen molar-refractivity contribution in [1.82, 2.24) is 10.6 Å². The molecule has 3 N–H and O–H groups in total. The third-order valence-corrected chi connectivity index (χ3v) is 3.51. The van der Waals surface area contributed by atoms with Crippen LogP contribution in [0, 0.1) is 5.41 Å². The van der Waals surface area contributed by atoms with Gasteiger partial charge in [-0.3, -0.25) is 4.79 Å². The smallest absolute Gasteiger partial charge is 0.326 e. The van der Waals surface area contributed by atoms with E-state index in [4.69, 9.17) is 0 Å². The van der Waals surface area contributed by atoms with Crippen LogP contribution >= 0.6 is 0 Å². The second kappa shape index (κ2) is 5.26. The molecule has 1 aliphatic rings. The number of aliphatic carboxylic acids is 1. The lowest BCUT2D eigenvalue weighted by molar-refractivity contribution is -0.146. The minimum Gasteiger partial charge on any atom is -0.480 e. The van der Waals surface area contributed by atoms with Crippen molar-refractivity contribution in [2.45, 2.75) is 58.5 Å². The van der Waals surface area contributed by atoms with E-state index in [-0.39, 0.29) is 5.91 Å². The Balaban J connectivity index is 2.75. The van der Waals surface area contributed by atoms with Crippen LogP contribution < -0.4 is 10.6 Å². The highest BCUT2D eigenvalue weighted by Crippen LogP contribution is 2.23. The monoisotopic (exact) mass is 256 g/mol. The lowest BCUT2D eigenvalue weighted by Gasteiger charge is -2.36. The number of rotatable bonds is 3. The minimum absolute atomic E-state index is 0.218. The van der Waals surface area contributed by atoms with Crippen LogP contribution in [0.15, 0.2) is 0 Å². The molecular weight excluding hydrogens is 232 g/mol. The molecule has 1 rings (SSSR count). The van der Waals surface area contributed by atoms with Gasteiger partial charge in [-0.25, -0.2) is 4.79 Å². The summed E-state index contributed by atoms with van der Waals surface area (Å²) >= 11 is 0. The normalized spacial score (nSPS) is 26.4. The maximum Gasteiger partial charge on any atom is 0.326 e. The first-order valence-electron chi connectivity index (χ1n) is 6.45. The predicted molar refractivity (Wildman–Crippen MR) is 69.3 cm³/mol. The number of carboxylic acid groups (broad SMARTS) is 1. The van der Waals surface area contributed by atoms with Gasteiger partial charge in [0.25, 0.3) is 0 Å². The van der Waals surface area contributed by atoms with Gasteiger partial charge < -0.3 is 15.7 Å². The van der Waals surface area contributed by atoms with Crippen molar-refractivity contribution in [3.05, 3.63) is 0 Å². The Labute approximate surface area is 108 Å². The van der Waals surface area contributed by atoms with Crippen molar-refractivity contribution in [3.63, 3.8) is 0 Å². The maximum absolute atomic E-state index is 12.2. The first-order chi connectivity index (χ1) is 8.17. The fraction of sp³-hybridized carbons (Fsp3) is 0.846. The lowest BCUT2D eigenvalue weighted by atomic mass is 9.84. The SMILES string of the molecule is CC1(C(=O)NC(C(=O)O)C(C)(C)C)CCCCN1. The van der Waals surface area contributed by atoms with Crippen LogP contribution in [0.3, 0.4) is 0 Å². The average Bonchev–Trinajstić information content (AvgIpc) is 2.24. The van der Waals surface area contributed by atoms with Gasteiger partial charge in [0.1, 0.15) is 6.04 Å². The van der Waals surface area contributed by atoms with Crippen molar-refractivity contribution in [3.8, 4) is 0 Å². The van der Waals surface area contributed by atoms with Crippen molar-refractivity contribution >= 4 is 11.9 Å². The van der Waals surface area contributed by atoms with E-state index in [1.165, 1.54) is 0 Å². The van der Waals surface area contributed by atoms with Gasteiger partial charge in [-0.1, -0.05) is 20.8 Å². The van der Waals surface area contributed by atoms with E-state index < -0.39 is 23.0 Å². The summed E-state index contributed by atoms with van der Waals surface area (Å²) in [5, 5.41) is 15.1. The molecule has 0 aliphatic carbocycles. The predicted octanol–water partition coefficient (Wildman–Crippen LogP) is 1.13. The molecule has 0 spiro atoms. The van der Waals surface area contributed by atoms with Crippen LogP contribution in [0.4, 0.5) is 0 Å². The number of hydrogen-bond acceptors (Lipinski definition) is 3. The van der Waals surface area contributed by atoms with Crippen LogP contribution in [0.25, 0.3) is 0 Å². The van der Waals surface area contributed by atoms with E-state index in [1.54, 1.807) is 0 Å². The Hall–Kier alpha value is -1.10. The van der Waals surface area contributed by atoms with Crippen molar-refractivity contribution in [2.75, 3.05) is 6.54 Å². The van der Waals surface area contributed by atoms with Gasteiger partial charge in [0.2, 0.25) is 5.91 Å². The van der Waals surface area contributed by atoms with E-state index >= 15 is 0 Å². The fourth-order valence-electron chi connectivity index (χ4n) is 2.19. The van der Waals surface area contributed by atoms with Crippen LogP contribution in [-0.2, 0) is 9.59 Å². The standard InChI is InChI=1S/C13H24N2O3/c1-12(2,3)9(10(16)17)15-11(18)13(4)7-5-6-8-14-13/h9,14H,5-8H2,1-4H3,(H,15,18)(H,16,17). The number of carbonyl (C=O) groups excluding carboxylic acids is 1. The van der Waals surface area contributed by atoms with Crippen LogP contribution in [-0.4, -0.2) is 35.1 Å². The molecule has 0 radical (unpaired) electrons. The van der Waals surface area contributed by atoms with E-state index in [2.05, 4.69) is 10.6 Å². The van der Waals surface area contributed by atoms with E-state index in [0.29, 0.717) is 0 Å². The summed E-state index contributed by atoms with van der Waals surface area (Å²) in [4.78, 5) is 23.5. The Bertz CT molecular complexity index is 328. The molecule has 1 heterocycles. The molecule has 1 aliphatic heterocycles. The Morgan fingerprint density at radius 3 is 2.33 bits per heavy atom. The average molecular weight is 256 g/mol. The molecule has 5 heteroatoms. The number of hydrogen-bond donors (Lipinski definition) is 3. The summed E-state index contributed by atoms with van der Waals surface area (Å²) in [7, 11) is 0. The summed E-state index contributed by atoms with van der Waals surface area (Å²) < 4.78 is 0. The summed E-state index contributed by atoms with van der Waals surface area (Å²) in [5.41, 5.74) is -1.15. The molecule has 0 aromatic rings. The fourth-order valence-corrected chi connectivity index (χ4v) is 2.19. The molecule has 1 amide bonds. The Morgan fingerprint density at radius 1 is 1.33 bits per heavy atom. The van der Waals surface area contributed by atoms with Crippen molar-refractivity contribution in [1.29, 1.82) is 0 Å². The van der Waals surface area contributed by atoms with Gasteiger partial charge in [0.05, 0.1) is 5.54 Å². The molecule has 1 saturated heterocycles. The molecule has 5 nitrogen and oxygen atoms in total. The molecule has 0 bridgehead atoms. The summed E-state index contributed by atoms with van der Waals surface area (Å²) in [6.07, 6.45) is 2.80. The minimum atomic E-state index is -0.991. The highest BCUT2D eigenvalue weighted by atomic mass is 16.4. The molecule has 1 fully saturated rings. The molecule has 2 atom stereocenters. The maximum atomic E-state index is 12.2. The van der Waals surface area contributed by atoms with Crippen molar-refractivity contribution < 1.29 is 14.7 Å². The topological polar surface area (TPSA) is 78.4 Å². The number of piperidine rings is 1. The van der Waals surface area contributed by atoms with Gasteiger partial charge in [-0.15, -0.1) is 0 Å². The second-order valence-electron chi connectivity index (χ2n) is 6.33. The van der Waals surface area contributed by atoms with E-state index in [9.17, 15) is 14.7 Å². The lowest BCUT2D eigenvalue weighted by Crippen LogP contribution is -2.61. The first-order valence-corrected chi connectivity index (χ1v) is 6.45. The van der Waals surface area contributed by atoms with Gasteiger partial charge in [-0.2, -0.15) is 0 Å². The Morgan fingerprint density at radius 2 is 1.94 bits per heavy atom. The highest BCUT2D eigenvalue weighted by molar-refractivity contribution is 5.90. The quantitative estimate of drug-likeness (QED) is 0.707. The summed E-state index contributed by atoms with van der Waals surface area (Å²) in [5.74, 6) is -1.21. The van der Waals surface area contributed by atoms with Gasteiger partial charge in [-0.05, 0) is 38.1 Å². The molecule has 18 heavy (non-hydrogen) atoms. The second-order valence-corrected chi connectivity index (χ2v) is 6.33. The third kappa shape index (κ3) is 3.45. The first kappa shape index (κ1) is 15.0. The number of nitrogens with one attached hydrogen (secondary N) is 2. The molecule has 0 saturated carbocycles. The van der Waals surface area contributed by atoms with Crippen LogP contribution in [0.2, 0.25) is 0 Å². The summed E-state index contributed by atoms with van der Waals surface area (Å²) in [6, 6.07) is -0.870. The zero-order chi connectivity index (χ0) is 14.0. The van der Waals surface area contributed by atoms with Gasteiger partial charge >= 0.3 is 5.97 Å². The highest BCUT2D eigenvalue weighted by Gasteiger charge is 2.39. The third-order valence-electron chi connectivity index (χ3n) is 3.51. The molecule has 2 unspecified atom stereocenters. The number of carboxylic acids is 1. The number of amides is 1. The van der Waals surface area contributed by atoms with Gasteiger partial charge in [0.15, 0.2) is 0 Å². The van der Waals surface area contributed by atoms with Gasteiger partial charge in [0, 0.05) is 0 Å². The molecule has 0 aromatic heterocycles. The molecule has 0 aromatic carbocycles. The largest absolute Gasteiger partial charge is 0.480 e. The number of carbonyl (C=O) groups is 2. The molecular formula is C13H24N2O3. The summed E-state index contributed by atoms with van der Waals surface area (Å²) in [6.45, 7) is 8.06.